The van der Waals surface area contributed by atoms with Crippen molar-refractivity contribution in [3.05, 3.63) is 39.7 Å². The van der Waals surface area contributed by atoms with E-state index in [2.05, 4.69) is 4.72 Å². The lowest BCUT2D eigenvalue weighted by Gasteiger charge is -2.40. The van der Waals surface area contributed by atoms with E-state index in [1.807, 2.05) is 6.07 Å². The van der Waals surface area contributed by atoms with Crippen LogP contribution in [0.1, 0.15) is 52.5 Å². The molecule has 0 unspecified atom stereocenters. The molecule has 0 spiro atoms. The Morgan fingerprint density at radius 3 is 2.34 bits per heavy atom. The summed E-state index contributed by atoms with van der Waals surface area (Å²) in [5.41, 5.74) is -2.47. The Labute approximate surface area is 172 Å². The van der Waals surface area contributed by atoms with Gasteiger partial charge < -0.3 is 4.55 Å². The number of non-ortho nitro benzene ring substituents is 1. The molecule has 2 rings (SSSR count). The van der Waals surface area contributed by atoms with E-state index in [4.69, 9.17) is 0 Å². The topological polar surface area (TPSA) is 136 Å². The molecule has 1 aromatic carbocycles. The van der Waals surface area contributed by atoms with Crippen molar-refractivity contribution in [1.29, 1.82) is 5.26 Å². The highest BCUT2D eigenvalue weighted by Gasteiger charge is 2.53. The smallest absolute Gasteiger partial charge is 0.269 e. The normalized spacial score (nSPS) is 19.5. The fraction of sp³-hybridized carbons (Fsp3) is 0.611. The molecule has 1 aliphatic rings. The fourth-order valence-corrected chi connectivity index (χ4v) is 6.38. The van der Waals surface area contributed by atoms with E-state index in [0.717, 1.165) is 18.2 Å². The fourth-order valence-electron chi connectivity index (χ4n) is 3.08. The first-order chi connectivity index (χ1) is 13.2. The Morgan fingerprint density at radius 2 is 1.93 bits per heavy atom. The highest BCUT2D eigenvalue weighted by molar-refractivity contribution is 7.93. The zero-order valence-electron chi connectivity index (χ0n) is 16.7. The van der Waals surface area contributed by atoms with Crippen LogP contribution in [0.4, 0.5) is 10.1 Å². The molecule has 1 saturated carbocycles. The maximum absolute atomic E-state index is 14.7. The molecule has 160 valence electrons. The molecule has 1 fully saturated rings. The molecule has 0 aliphatic heterocycles. The summed E-state index contributed by atoms with van der Waals surface area (Å²) in [6, 6.07) is 4.65. The average molecular weight is 446 g/mol. The zero-order valence-corrected chi connectivity index (χ0v) is 18.3. The Bertz CT molecular complexity index is 951. The van der Waals surface area contributed by atoms with Crippen LogP contribution < -0.4 is 4.72 Å². The summed E-state index contributed by atoms with van der Waals surface area (Å²) in [6.07, 6.45) is 0.916. The molecule has 1 aromatic rings. The van der Waals surface area contributed by atoms with E-state index in [1.54, 1.807) is 20.8 Å². The lowest BCUT2D eigenvalue weighted by Crippen LogP contribution is -2.56. The van der Waals surface area contributed by atoms with E-state index in [9.17, 15) is 32.7 Å². The third-order valence-corrected chi connectivity index (χ3v) is 9.46. The van der Waals surface area contributed by atoms with E-state index in [0.29, 0.717) is 6.42 Å². The molecule has 2 atom stereocenters. The third kappa shape index (κ3) is 4.55. The molecule has 1 aliphatic carbocycles. The maximum Gasteiger partial charge on any atom is 0.269 e. The summed E-state index contributed by atoms with van der Waals surface area (Å²) in [5, 5.41) is 20.6. The van der Waals surface area contributed by atoms with Crippen LogP contribution in [-0.4, -0.2) is 33.1 Å². The van der Waals surface area contributed by atoms with Gasteiger partial charge in [0.1, 0.15) is 16.1 Å². The Hall–Kier alpha value is -1.74. The van der Waals surface area contributed by atoms with Gasteiger partial charge in [-0.2, -0.15) is 5.26 Å². The Kier molecular flexibility index (Phi) is 6.36. The number of benzene rings is 1. The number of nitro benzene ring substituents is 1. The summed E-state index contributed by atoms with van der Waals surface area (Å²) in [5.74, 6) is -1.60. The first kappa shape index (κ1) is 23.5. The van der Waals surface area contributed by atoms with Crippen molar-refractivity contribution < 1.29 is 22.3 Å². The third-order valence-electron chi connectivity index (χ3n) is 5.07. The molecule has 11 heteroatoms. The first-order valence-electron chi connectivity index (χ1n) is 8.95. The minimum absolute atomic E-state index is 0.168. The second kappa shape index (κ2) is 7.83. The SMILES string of the molecule is CC(C)(C)[S@@+]([O-])N[C@@](C)(CS(=O)(=O)C1(C#N)CCC1)c1cc([N+](=O)[O-])ccc1F. The van der Waals surface area contributed by atoms with Gasteiger partial charge in [-0.1, -0.05) is 0 Å². The number of rotatable bonds is 7. The molecular weight excluding hydrogens is 421 g/mol. The van der Waals surface area contributed by atoms with Crippen molar-refractivity contribution in [3.8, 4) is 6.07 Å². The van der Waals surface area contributed by atoms with Crippen LogP contribution >= 0.6 is 0 Å². The van der Waals surface area contributed by atoms with Gasteiger partial charge in [-0.25, -0.2) is 12.8 Å². The molecule has 8 nitrogen and oxygen atoms in total. The highest BCUT2D eigenvalue weighted by Crippen LogP contribution is 2.42. The molecule has 0 radical (unpaired) electrons. The van der Waals surface area contributed by atoms with E-state index in [-0.39, 0.29) is 18.4 Å². The van der Waals surface area contributed by atoms with Crippen LogP contribution in [-0.2, 0) is 26.7 Å². The average Bonchev–Trinajstić information content (AvgIpc) is 2.52. The van der Waals surface area contributed by atoms with Gasteiger partial charge in [-0.3, -0.25) is 10.1 Å². The molecule has 0 heterocycles. The molecule has 0 saturated heterocycles. The van der Waals surface area contributed by atoms with Crippen LogP contribution in [0.2, 0.25) is 0 Å². The Balaban J connectivity index is 2.60. The van der Waals surface area contributed by atoms with Gasteiger partial charge in [0.05, 0.1) is 16.7 Å². The van der Waals surface area contributed by atoms with Gasteiger partial charge in [0.15, 0.2) is 14.6 Å². The summed E-state index contributed by atoms with van der Waals surface area (Å²) in [6.45, 7) is 6.28. The van der Waals surface area contributed by atoms with Gasteiger partial charge in [-0.15, -0.1) is 4.72 Å². The van der Waals surface area contributed by atoms with Crippen LogP contribution in [0.3, 0.4) is 0 Å². The lowest BCUT2D eigenvalue weighted by molar-refractivity contribution is -0.385. The molecule has 0 amide bonds. The van der Waals surface area contributed by atoms with Gasteiger partial charge in [0.2, 0.25) is 0 Å². The second-order valence-electron chi connectivity index (χ2n) is 8.46. The van der Waals surface area contributed by atoms with E-state index < -0.39 is 58.4 Å². The van der Waals surface area contributed by atoms with Crippen LogP contribution in [0.25, 0.3) is 0 Å². The molecular formula is C18H24FN3O5S2. The monoisotopic (exact) mass is 445 g/mol. The minimum atomic E-state index is -4.08. The van der Waals surface area contributed by atoms with Gasteiger partial charge in [-0.05, 0) is 53.0 Å². The number of hydrogen-bond donors (Lipinski definition) is 1. The van der Waals surface area contributed by atoms with Crippen molar-refractivity contribution in [2.24, 2.45) is 0 Å². The summed E-state index contributed by atoms with van der Waals surface area (Å²) in [7, 11) is -4.08. The molecule has 1 N–H and O–H groups in total. The summed E-state index contributed by atoms with van der Waals surface area (Å²) < 4.78 is 53.9. The largest absolute Gasteiger partial charge is 0.598 e. The van der Waals surface area contributed by atoms with Gasteiger partial charge in [0.25, 0.3) is 5.69 Å². The summed E-state index contributed by atoms with van der Waals surface area (Å²) >= 11 is -1.81. The predicted octanol–water partition coefficient (Wildman–Crippen LogP) is 2.86. The molecule has 0 bridgehead atoms. The number of nitrogens with one attached hydrogen (secondary N) is 1. The number of hydrogen-bond acceptors (Lipinski definition) is 7. The number of sulfone groups is 1. The summed E-state index contributed by atoms with van der Waals surface area (Å²) in [4.78, 5) is 10.4. The quantitative estimate of drug-likeness (QED) is 0.387. The first-order valence-corrected chi connectivity index (χ1v) is 11.8. The minimum Gasteiger partial charge on any atom is -0.598 e. The lowest BCUT2D eigenvalue weighted by atomic mass is 9.86. The van der Waals surface area contributed by atoms with E-state index >= 15 is 0 Å². The molecule has 0 aromatic heterocycles. The van der Waals surface area contributed by atoms with Crippen LogP contribution in [0.15, 0.2) is 18.2 Å². The van der Waals surface area contributed by atoms with E-state index in [1.165, 1.54) is 6.92 Å². The van der Waals surface area contributed by atoms with Crippen molar-refractivity contribution in [2.45, 2.75) is 62.0 Å². The van der Waals surface area contributed by atoms with Crippen molar-refractivity contribution >= 4 is 26.9 Å². The van der Waals surface area contributed by atoms with Crippen molar-refractivity contribution in [3.63, 3.8) is 0 Å². The Morgan fingerprint density at radius 1 is 1.34 bits per heavy atom. The van der Waals surface area contributed by atoms with Gasteiger partial charge in [0, 0.05) is 29.1 Å². The number of halogens is 1. The van der Waals surface area contributed by atoms with Crippen LogP contribution in [0, 0.1) is 27.3 Å². The number of nitrogens with zero attached hydrogens (tertiary/aromatic N) is 2. The highest BCUT2D eigenvalue weighted by atomic mass is 32.2. The maximum atomic E-state index is 14.7. The van der Waals surface area contributed by atoms with Crippen LogP contribution in [0.5, 0.6) is 0 Å². The zero-order chi connectivity index (χ0) is 22.3. The van der Waals surface area contributed by atoms with Crippen molar-refractivity contribution in [2.75, 3.05) is 5.75 Å². The molecule has 29 heavy (non-hydrogen) atoms. The predicted molar refractivity (Wildman–Crippen MR) is 107 cm³/mol. The number of nitro groups is 1. The van der Waals surface area contributed by atoms with Crippen molar-refractivity contribution in [1.82, 2.24) is 4.72 Å². The standard InChI is InChI=1S/C18H24FN3O5S2/c1-16(2,3)28(25)21-17(4,12-29(26,27)18(11-20)8-5-9-18)14-10-13(22(23)24)6-7-15(14)19/h6-7,10,21H,5,8-9,12H2,1-4H3/t17-,28+/m0/s1. The number of nitriles is 1. The second-order valence-corrected chi connectivity index (χ2v) is 12.7. The van der Waals surface area contributed by atoms with Gasteiger partial charge >= 0.3 is 0 Å².